The molecular formula is C19H27N5O. The summed E-state index contributed by atoms with van der Waals surface area (Å²) in [5.41, 5.74) is 2.14. The predicted octanol–water partition coefficient (Wildman–Crippen LogP) is 2.51. The van der Waals surface area contributed by atoms with Crippen LogP contribution in [0, 0.1) is 0 Å². The molecule has 1 atom stereocenters. The van der Waals surface area contributed by atoms with Gasteiger partial charge in [-0.05, 0) is 30.5 Å². The van der Waals surface area contributed by atoms with Gasteiger partial charge in [0.1, 0.15) is 0 Å². The number of nitrogens with zero attached hydrogens (tertiary/aromatic N) is 4. The Morgan fingerprint density at radius 2 is 2.20 bits per heavy atom. The minimum absolute atomic E-state index is 0.0293. The molecule has 0 unspecified atom stereocenters. The van der Waals surface area contributed by atoms with E-state index in [2.05, 4.69) is 35.3 Å². The lowest BCUT2D eigenvalue weighted by Gasteiger charge is -2.29. The number of rotatable bonds is 5. The highest BCUT2D eigenvalue weighted by Gasteiger charge is 2.30. The van der Waals surface area contributed by atoms with Crippen LogP contribution < -0.4 is 5.32 Å². The second kappa shape index (κ2) is 7.25. The number of likely N-dealkylation sites (tertiary alicyclic amines) is 1. The van der Waals surface area contributed by atoms with E-state index in [-0.39, 0.29) is 17.5 Å². The van der Waals surface area contributed by atoms with Crippen LogP contribution in [-0.4, -0.2) is 44.8 Å². The summed E-state index contributed by atoms with van der Waals surface area (Å²) in [4.78, 5) is 18.9. The van der Waals surface area contributed by atoms with Crippen LogP contribution in [0.3, 0.4) is 0 Å². The van der Waals surface area contributed by atoms with Gasteiger partial charge in [-0.3, -0.25) is 9.67 Å². The summed E-state index contributed by atoms with van der Waals surface area (Å²) in [5, 5.41) is 7.35. The lowest BCUT2D eigenvalue weighted by atomic mass is 9.86. The fourth-order valence-electron chi connectivity index (χ4n) is 3.42. The zero-order valence-corrected chi connectivity index (χ0v) is 15.3. The molecular weight excluding hydrogens is 314 g/mol. The highest BCUT2D eigenvalue weighted by molar-refractivity contribution is 5.75. The molecule has 6 nitrogen and oxygen atoms in total. The first-order valence-corrected chi connectivity index (χ1v) is 8.89. The van der Waals surface area contributed by atoms with Crippen molar-refractivity contribution in [1.82, 2.24) is 25.0 Å². The third-order valence-electron chi connectivity index (χ3n) is 5.13. The largest absolute Gasteiger partial charge is 0.337 e. The normalized spacial score (nSPS) is 17.7. The van der Waals surface area contributed by atoms with Gasteiger partial charge in [-0.2, -0.15) is 5.10 Å². The van der Waals surface area contributed by atoms with Crippen LogP contribution in [0.15, 0.2) is 36.8 Å². The zero-order valence-electron chi connectivity index (χ0n) is 15.3. The van der Waals surface area contributed by atoms with Crippen LogP contribution in [0.25, 0.3) is 0 Å². The number of hydrogen-bond donors (Lipinski definition) is 1. The van der Waals surface area contributed by atoms with Crippen LogP contribution in [0.2, 0.25) is 0 Å². The molecule has 3 rings (SSSR count). The van der Waals surface area contributed by atoms with E-state index in [9.17, 15) is 4.79 Å². The first-order chi connectivity index (χ1) is 12.0. The van der Waals surface area contributed by atoms with Crippen molar-refractivity contribution in [2.24, 2.45) is 7.05 Å². The maximum atomic E-state index is 12.7. The van der Waals surface area contributed by atoms with Gasteiger partial charge in [-0.25, -0.2) is 4.79 Å². The van der Waals surface area contributed by atoms with Gasteiger partial charge in [0.05, 0.1) is 0 Å². The molecule has 1 N–H and O–H groups in total. The minimum Gasteiger partial charge on any atom is -0.337 e. The lowest BCUT2D eigenvalue weighted by molar-refractivity contribution is 0.189. The fraction of sp³-hybridized carbons (Fsp3) is 0.526. The monoisotopic (exact) mass is 341 g/mol. The molecule has 0 aliphatic carbocycles. The van der Waals surface area contributed by atoms with Gasteiger partial charge in [0.25, 0.3) is 0 Å². The van der Waals surface area contributed by atoms with Crippen molar-refractivity contribution in [2.45, 2.75) is 44.6 Å². The van der Waals surface area contributed by atoms with E-state index < -0.39 is 0 Å². The summed E-state index contributed by atoms with van der Waals surface area (Å²) in [5.74, 6) is 0. The molecule has 134 valence electrons. The smallest absolute Gasteiger partial charge is 0.317 e. The summed E-state index contributed by atoms with van der Waals surface area (Å²) < 4.78 is 1.89. The van der Waals surface area contributed by atoms with E-state index in [1.54, 1.807) is 6.20 Å². The van der Waals surface area contributed by atoms with Crippen molar-refractivity contribution in [1.29, 1.82) is 0 Å². The molecule has 1 fully saturated rings. The molecule has 0 saturated carbocycles. The molecule has 1 aliphatic heterocycles. The number of nitrogens with one attached hydrogen (secondary N) is 1. The van der Waals surface area contributed by atoms with Gasteiger partial charge in [0.15, 0.2) is 0 Å². The van der Waals surface area contributed by atoms with E-state index in [4.69, 9.17) is 0 Å². The molecule has 0 radical (unpaired) electrons. The van der Waals surface area contributed by atoms with Gasteiger partial charge in [-0.15, -0.1) is 0 Å². The number of aromatic nitrogens is 3. The minimum atomic E-state index is -0.152. The van der Waals surface area contributed by atoms with E-state index in [0.29, 0.717) is 6.54 Å². The number of urea groups is 1. The Bertz CT molecular complexity index is 710. The average Bonchev–Trinajstić information content (AvgIpc) is 3.23. The summed E-state index contributed by atoms with van der Waals surface area (Å²) in [7, 11) is 1.95. The van der Waals surface area contributed by atoms with Crippen molar-refractivity contribution in [3.05, 3.63) is 48.0 Å². The Labute approximate surface area is 149 Å². The number of carbonyl (C=O) groups is 1. The Morgan fingerprint density at radius 1 is 1.36 bits per heavy atom. The van der Waals surface area contributed by atoms with Gasteiger partial charge >= 0.3 is 6.03 Å². The van der Waals surface area contributed by atoms with Crippen molar-refractivity contribution in [3.8, 4) is 0 Å². The third-order valence-corrected chi connectivity index (χ3v) is 5.13. The molecule has 0 spiro atoms. The molecule has 2 amide bonds. The number of aryl methyl sites for hydroxylation is 1. The van der Waals surface area contributed by atoms with Crippen LogP contribution in [0.1, 0.15) is 37.9 Å². The molecule has 3 heterocycles. The summed E-state index contributed by atoms with van der Waals surface area (Å²) in [6.07, 6.45) is 8.41. The first-order valence-electron chi connectivity index (χ1n) is 8.89. The van der Waals surface area contributed by atoms with E-state index in [1.807, 2.05) is 41.2 Å². The molecule has 2 aromatic heterocycles. The van der Waals surface area contributed by atoms with Crippen molar-refractivity contribution in [3.63, 3.8) is 0 Å². The topological polar surface area (TPSA) is 63.1 Å². The highest BCUT2D eigenvalue weighted by Crippen LogP contribution is 2.23. The summed E-state index contributed by atoms with van der Waals surface area (Å²) in [6, 6.07) is 6.29. The fourth-order valence-corrected chi connectivity index (χ4v) is 3.42. The molecule has 1 aliphatic rings. The lowest BCUT2D eigenvalue weighted by Crippen LogP contribution is -2.47. The van der Waals surface area contributed by atoms with E-state index in [0.717, 1.165) is 31.4 Å². The number of amides is 2. The molecule has 25 heavy (non-hydrogen) atoms. The number of carbonyl (C=O) groups excluding carboxylic acids is 1. The number of pyridine rings is 1. The average molecular weight is 341 g/mol. The Hall–Kier alpha value is -2.37. The molecule has 6 heteroatoms. The second-order valence-corrected chi connectivity index (χ2v) is 7.42. The maximum Gasteiger partial charge on any atom is 0.317 e. The molecule has 1 saturated heterocycles. The van der Waals surface area contributed by atoms with E-state index in [1.165, 1.54) is 5.69 Å². The van der Waals surface area contributed by atoms with Crippen LogP contribution in [0.4, 0.5) is 4.79 Å². The van der Waals surface area contributed by atoms with Crippen molar-refractivity contribution < 1.29 is 4.79 Å². The Morgan fingerprint density at radius 3 is 2.88 bits per heavy atom. The first kappa shape index (κ1) is 17.5. The van der Waals surface area contributed by atoms with Gasteiger partial charge < -0.3 is 10.2 Å². The van der Waals surface area contributed by atoms with Crippen LogP contribution in [-0.2, 0) is 18.9 Å². The summed E-state index contributed by atoms with van der Waals surface area (Å²) in [6.45, 7) is 5.66. The maximum absolute atomic E-state index is 12.7. The van der Waals surface area contributed by atoms with Gasteiger partial charge in [-0.1, -0.05) is 19.9 Å². The summed E-state index contributed by atoms with van der Waals surface area (Å²) >= 11 is 0. The van der Waals surface area contributed by atoms with E-state index >= 15 is 0 Å². The van der Waals surface area contributed by atoms with Gasteiger partial charge in [0.2, 0.25) is 0 Å². The quantitative estimate of drug-likeness (QED) is 0.909. The van der Waals surface area contributed by atoms with Gasteiger partial charge in [0, 0.05) is 62.3 Å². The molecule has 2 aromatic rings. The predicted molar refractivity (Wildman–Crippen MR) is 97.3 cm³/mol. The number of hydrogen-bond acceptors (Lipinski definition) is 3. The van der Waals surface area contributed by atoms with Crippen LogP contribution in [0.5, 0.6) is 0 Å². The Balaban J connectivity index is 1.59. The molecule has 0 bridgehead atoms. The zero-order chi connectivity index (χ0) is 17.9. The third kappa shape index (κ3) is 4.00. The van der Waals surface area contributed by atoms with Crippen molar-refractivity contribution >= 4 is 6.03 Å². The SMILES string of the molecule is Cn1nccc1C[C@@H]1CCCN1C(=O)NCC(C)(C)c1cccnc1. The molecule has 0 aromatic carbocycles. The van der Waals surface area contributed by atoms with Crippen molar-refractivity contribution in [2.75, 3.05) is 13.1 Å². The second-order valence-electron chi connectivity index (χ2n) is 7.42. The Kier molecular flexibility index (Phi) is 5.06. The standard InChI is InChI=1S/C19H27N5O/c1-19(2,15-6-4-9-20-13-15)14-21-18(25)24-11-5-7-17(24)12-16-8-10-22-23(16)3/h4,6,8-10,13,17H,5,7,11-12,14H2,1-3H3,(H,21,25)/t17-/m0/s1. The van der Waals surface area contributed by atoms with Crippen LogP contribution >= 0.6 is 0 Å². The highest BCUT2D eigenvalue weighted by atomic mass is 16.2.